The van der Waals surface area contributed by atoms with Gasteiger partial charge in [0.05, 0.1) is 23.2 Å². The van der Waals surface area contributed by atoms with Gasteiger partial charge >= 0.3 is 77.0 Å². The van der Waals surface area contributed by atoms with Gasteiger partial charge in [-0.15, -0.1) is 0 Å². The van der Waals surface area contributed by atoms with Gasteiger partial charge in [-0.05, 0) is 39.3 Å². The first-order chi connectivity index (χ1) is 13.1. The first kappa shape index (κ1) is 29.2. The van der Waals surface area contributed by atoms with Crippen molar-refractivity contribution in [3.8, 4) is 0 Å². The van der Waals surface area contributed by atoms with Crippen LogP contribution in [0.25, 0.3) is 0 Å². The predicted octanol–water partition coefficient (Wildman–Crippen LogP) is 2.11. The zero-order valence-electron chi connectivity index (χ0n) is 16.0. The van der Waals surface area contributed by atoms with Gasteiger partial charge in [0.25, 0.3) is 0 Å². The molecule has 2 N–H and O–H groups in total. The Morgan fingerprint density at radius 2 is 1.67 bits per heavy atom. The molecule has 10 heteroatoms. The fourth-order valence-electron chi connectivity index (χ4n) is 3.36. The van der Waals surface area contributed by atoms with Gasteiger partial charge in [-0.3, -0.25) is 0 Å². The predicted molar refractivity (Wildman–Crippen MR) is 117 cm³/mol. The van der Waals surface area contributed by atoms with Crippen LogP contribution in [0.3, 0.4) is 0 Å². The molecule has 1 heterocycles. The topological polar surface area (TPSA) is 104 Å². The van der Waals surface area contributed by atoms with E-state index in [-0.39, 0.29) is 76.3 Å². The zero-order chi connectivity index (χ0) is 21.2. The minimum absolute atomic E-state index is 0. The molecular formula is C20H24ClNNa2O6. The molecule has 1 aromatic carbocycles. The van der Waals surface area contributed by atoms with E-state index < -0.39 is 41.2 Å². The number of carboxylic acid groups (broad SMARTS) is 2. The molecule has 1 aliphatic heterocycles. The van der Waals surface area contributed by atoms with E-state index in [1.165, 1.54) is 4.90 Å². The van der Waals surface area contributed by atoms with Crippen LogP contribution >= 0.6 is 11.6 Å². The van der Waals surface area contributed by atoms with Gasteiger partial charge in [-0.25, -0.2) is 14.4 Å². The summed E-state index contributed by atoms with van der Waals surface area (Å²) in [6, 6.07) is 6.45. The van der Waals surface area contributed by atoms with Crippen molar-refractivity contribution in [2.24, 2.45) is 0 Å². The van der Waals surface area contributed by atoms with Gasteiger partial charge < -0.3 is 19.8 Å². The molecule has 7 nitrogen and oxygen atoms in total. The van der Waals surface area contributed by atoms with Gasteiger partial charge in [-0.1, -0.05) is 29.8 Å². The quantitative estimate of drug-likeness (QED) is 0.500. The molecule has 1 unspecified atom stereocenters. The van der Waals surface area contributed by atoms with Crippen molar-refractivity contribution in [3.63, 3.8) is 0 Å². The van der Waals surface area contributed by atoms with E-state index in [4.69, 9.17) is 16.3 Å². The number of likely N-dealkylation sites (N-methyl/N-ethyl adjacent to an activating group) is 1. The van der Waals surface area contributed by atoms with Gasteiger partial charge in [0.1, 0.15) is 5.70 Å². The van der Waals surface area contributed by atoms with Crippen LogP contribution in [0.5, 0.6) is 0 Å². The second kappa shape index (κ2) is 12.3. The number of halogens is 1. The third kappa shape index (κ3) is 5.91. The van der Waals surface area contributed by atoms with Gasteiger partial charge in [0.2, 0.25) is 0 Å². The van der Waals surface area contributed by atoms with Crippen molar-refractivity contribution in [1.82, 2.24) is 4.90 Å². The summed E-state index contributed by atoms with van der Waals surface area (Å²) in [4.78, 5) is 38.3. The molecule has 0 aromatic heterocycles. The van der Waals surface area contributed by atoms with E-state index in [0.29, 0.717) is 11.3 Å². The molecule has 0 aliphatic carbocycles. The molecule has 154 valence electrons. The van der Waals surface area contributed by atoms with Crippen LogP contribution in [-0.2, 0) is 19.1 Å². The van der Waals surface area contributed by atoms with Crippen LogP contribution in [0, 0.1) is 0 Å². The first-order valence-electron chi connectivity index (χ1n) is 8.76. The molecule has 0 bridgehead atoms. The molecule has 0 radical (unpaired) electrons. The summed E-state index contributed by atoms with van der Waals surface area (Å²) in [5.41, 5.74) is -0.111. The summed E-state index contributed by atoms with van der Waals surface area (Å²) in [6.07, 6.45) is -0.437. The number of ether oxygens (including phenoxy) is 1. The molecule has 0 spiro atoms. The van der Waals surface area contributed by atoms with Crippen LogP contribution in [0.1, 0.15) is 39.2 Å². The Hall–Kier alpha value is -0.800. The Morgan fingerprint density at radius 3 is 2.10 bits per heavy atom. The van der Waals surface area contributed by atoms with E-state index in [0.717, 1.165) is 0 Å². The summed E-state index contributed by atoms with van der Waals surface area (Å²) < 4.78 is 5.34. The van der Waals surface area contributed by atoms with E-state index in [2.05, 4.69) is 0 Å². The Bertz CT molecular complexity index is 897. The second-order valence-electron chi connectivity index (χ2n) is 6.52. The summed E-state index contributed by atoms with van der Waals surface area (Å²) >= 11 is 6.30. The maximum atomic E-state index is 12.9. The first-order valence-corrected chi connectivity index (χ1v) is 9.13. The Labute approximate surface area is 224 Å². The van der Waals surface area contributed by atoms with Crippen LogP contribution in [0.15, 0.2) is 46.8 Å². The van der Waals surface area contributed by atoms with Gasteiger partial charge in [-0.2, -0.15) is 0 Å². The molecule has 0 saturated heterocycles. The number of hydrogen-bond acceptors (Lipinski definition) is 5. The molecule has 0 saturated carbocycles. The molecule has 1 aromatic rings. The molecular weight excluding hydrogens is 432 g/mol. The molecule has 0 fully saturated rings. The summed E-state index contributed by atoms with van der Waals surface area (Å²) in [6.45, 7) is 6.77. The molecule has 0 amide bonds. The SMILES string of the molecule is CCN1C(C)=C(C(=O)OC(C)C)C(c2ccccc2Cl)C(C(=O)O)=C1C(=O)O.[NaH].[NaH]. The van der Waals surface area contributed by atoms with Crippen molar-refractivity contribution in [2.75, 3.05) is 6.54 Å². The van der Waals surface area contributed by atoms with Crippen molar-refractivity contribution in [3.05, 3.63) is 57.4 Å². The van der Waals surface area contributed by atoms with Gasteiger partial charge in [0, 0.05) is 17.3 Å². The number of carbonyl (C=O) groups is 3. The fourth-order valence-corrected chi connectivity index (χ4v) is 3.61. The second-order valence-corrected chi connectivity index (χ2v) is 6.93. The van der Waals surface area contributed by atoms with Crippen molar-refractivity contribution < 1.29 is 29.3 Å². The minimum atomic E-state index is -1.44. The number of nitrogens with zero attached hydrogens (tertiary/aromatic N) is 1. The summed E-state index contributed by atoms with van der Waals surface area (Å²) in [5, 5.41) is 19.9. The average Bonchev–Trinajstić information content (AvgIpc) is 2.59. The summed E-state index contributed by atoms with van der Waals surface area (Å²) in [5.74, 6) is -4.72. The molecule has 1 atom stereocenters. The van der Waals surface area contributed by atoms with Crippen molar-refractivity contribution >= 4 is 88.6 Å². The molecule has 1 aliphatic rings. The van der Waals surface area contributed by atoms with Crippen LogP contribution < -0.4 is 0 Å². The number of carboxylic acids is 2. The van der Waals surface area contributed by atoms with E-state index >= 15 is 0 Å². The van der Waals surface area contributed by atoms with Crippen molar-refractivity contribution in [2.45, 2.75) is 39.7 Å². The van der Waals surface area contributed by atoms with E-state index in [1.807, 2.05) is 0 Å². The van der Waals surface area contributed by atoms with Crippen LogP contribution in [0.2, 0.25) is 5.02 Å². The standard InChI is InChI=1S/C20H22ClNO6.2Na.2H/c1-5-22-11(4)14(20(27)28-10(2)3)15(12-8-6-7-9-13(12)21)16(18(23)24)17(22)19(25)26;;;;/h6-10,15H,5H2,1-4H3,(H,23,24)(H,25,26);;;;. The monoisotopic (exact) mass is 455 g/mol. The zero-order valence-corrected chi connectivity index (χ0v) is 16.8. The van der Waals surface area contributed by atoms with Crippen LogP contribution in [-0.4, -0.2) is 105 Å². The average molecular weight is 456 g/mol. The number of esters is 1. The third-order valence-corrected chi connectivity index (χ3v) is 4.77. The number of allylic oxidation sites excluding steroid dienone is 1. The van der Waals surface area contributed by atoms with E-state index in [1.54, 1.807) is 52.0 Å². The van der Waals surface area contributed by atoms with Crippen molar-refractivity contribution in [1.29, 1.82) is 0 Å². The Kier molecular flexibility index (Phi) is 12.0. The number of carbonyl (C=O) groups excluding carboxylic acids is 1. The van der Waals surface area contributed by atoms with Crippen LogP contribution in [0.4, 0.5) is 0 Å². The maximum absolute atomic E-state index is 12.9. The summed E-state index contributed by atoms with van der Waals surface area (Å²) in [7, 11) is 0. The normalized spacial score (nSPS) is 16.1. The Balaban J connectivity index is 0.00000420. The fraction of sp³-hybridized carbons (Fsp3) is 0.350. The third-order valence-electron chi connectivity index (χ3n) is 4.43. The number of hydrogen-bond donors (Lipinski definition) is 2. The van der Waals surface area contributed by atoms with E-state index in [9.17, 15) is 24.6 Å². The number of benzene rings is 1. The number of aliphatic carboxylic acids is 2. The Morgan fingerprint density at radius 1 is 1.10 bits per heavy atom. The van der Waals surface area contributed by atoms with Gasteiger partial charge in [0.15, 0.2) is 0 Å². The number of rotatable bonds is 6. The molecule has 30 heavy (non-hydrogen) atoms. The molecule has 2 rings (SSSR count).